The predicted octanol–water partition coefficient (Wildman–Crippen LogP) is 4.74. The average Bonchev–Trinajstić information content (AvgIpc) is 3.58. The van der Waals surface area contributed by atoms with Gasteiger partial charge >= 0.3 is 0 Å². The van der Waals surface area contributed by atoms with Gasteiger partial charge < -0.3 is 16.0 Å². The third-order valence-electron chi connectivity index (χ3n) is 6.87. The van der Waals surface area contributed by atoms with Gasteiger partial charge in [-0.2, -0.15) is 5.10 Å². The second-order valence-electron chi connectivity index (χ2n) is 9.31. The first-order valence-corrected chi connectivity index (χ1v) is 13.4. The van der Waals surface area contributed by atoms with Crippen LogP contribution in [0.3, 0.4) is 0 Å². The summed E-state index contributed by atoms with van der Waals surface area (Å²) in [7, 11) is 0. The van der Waals surface area contributed by atoms with Gasteiger partial charge in [-0.3, -0.25) is 4.68 Å². The molecule has 2 saturated heterocycles. The Morgan fingerprint density at radius 1 is 0.917 bits per heavy atom. The van der Waals surface area contributed by atoms with Crippen LogP contribution in [0.2, 0.25) is 0 Å². The minimum absolute atomic E-state index is 0.258. The largest absolute Gasteiger partial charge is 0.317 e. The fourth-order valence-corrected chi connectivity index (χ4v) is 6.12. The number of aromatic nitrogens is 5. The van der Waals surface area contributed by atoms with E-state index in [1.807, 2.05) is 23.0 Å². The van der Waals surface area contributed by atoms with Gasteiger partial charge in [0.05, 0.1) is 27.3 Å². The zero-order valence-corrected chi connectivity index (χ0v) is 20.8. The minimum Gasteiger partial charge on any atom is -0.317 e. The smallest absolute Gasteiger partial charge is 0.228 e. The van der Waals surface area contributed by atoms with Crippen LogP contribution in [-0.2, 0) is 0 Å². The Morgan fingerprint density at radius 3 is 2.44 bits per heavy atom. The highest BCUT2D eigenvalue weighted by molar-refractivity contribution is 7.15. The van der Waals surface area contributed by atoms with Gasteiger partial charge in [0.15, 0.2) is 5.82 Å². The Hall–Kier alpha value is -3.21. The number of halogens is 1. The lowest BCUT2D eigenvalue weighted by Gasteiger charge is -2.22. The van der Waals surface area contributed by atoms with Gasteiger partial charge in [0, 0.05) is 29.9 Å². The molecule has 0 unspecified atom stereocenters. The first-order valence-electron chi connectivity index (χ1n) is 12.6. The number of hydrogen-bond acceptors (Lipinski definition) is 8. The van der Waals surface area contributed by atoms with E-state index in [4.69, 9.17) is 15.1 Å². The molecule has 0 amide bonds. The van der Waals surface area contributed by atoms with E-state index in [-0.39, 0.29) is 5.82 Å². The van der Waals surface area contributed by atoms with Crippen molar-refractivity contribution in [2.45, 2.75) is 37.6 Å². The van der Waals surface area contributed by atoms with E-state index < -0.39 is 0 Å². The van der Waals surface area contributed by atoms with E-state index in [0.29, 0.717) is 17.9 Å². The molecule has 5 heterocycles. The Balaban J connectivity index is 1.30. The fraction of sp³-hybridized carbons (Fsp3) is 0.385. The molecule has 3 aromatic heterocycles. The normalized spacial score (nSPS) is 17.4. The Kier molecular flexibility index (Phi) is 6.71. The van der Waals surface area contributed by atoms with Crippen LogP contribution in [0.25, 0.3) is 21.8 Å². The molecule has 0 bridgehead atoms. The second kappa shape index (κ2) is 10.4. The number of benzene rings is 1. The molecule has 6 rings (SSSR count). The Labute approximate surface area is 213 Å². The monoisotopic (exact) mass is 504 g/mol. The van der Waals surface area contributed by atoms with Gasteiger partial charge in [0.1, 0.15) is 5.82 Å². The molecule has 0 radical (unpaired) electrons. The van der Waals surface area contributed by atoms with Crippen molar-refractivity contribution in [3.8, 4) is 21.8 Å². The zero-order valence-electron chi connectivity index (χ0n) is 20.0. The van der Waals surface area contributed by atoms with Crippen molar-refractivity contribution in [1.82, 2.24) is 35.4 Å². The molecule has 1 aromatic carbocycles. The lowest BCUT2D eigenvalue weighted by atomic mass is 9.99. The molecule has 10 heteroatoms. The van der Waals surface area contributed by atoms with Crippen LogP contribution in [0.4, 0.5) is 16.2 Å². The standard InChI is InChI=1S/C26H29FN8S/c27-19-3-1-17(2-4-19)23-24(36-25(33-23)18-5-11-28-12-6-18)21-9-15-30-26(31-21)32-22-10-16-35(34-22)20-7-13-29-14-8-20/h1-4,9-10,15-16,18,20,28-29H,5-8,11-14H2,(H,30,31,32,34). The number of nitrogens with zero attached hydrogens (tertiary/aromatic N) is 5. The molecule has 4 aromatic rings. The maximum Gasteiger partial charge on any atom is 0.228 e. The van der Waals surface area contributed by atoms with E-state index in [2.05, 4.69) is 20.9 Å². The van der Waals surface area contributed by atoms with Crippen molar-refractivity contribution < 1.29 is 4.39 Å². The van der Waals surface area contributed by atoms with Crippen molar-refractivity contribution in [1.29, 1.82) is 0 Å². The van der Waals surface area contributed by atoms with Crippen LogP contribution < -0.4 is 16.0 Å². The number of piperidine rings is 2. The van der Waals surface area contributed by atoms with Gasteiger partial charge in [0.25, 0.3) is 0 Å². The molecule has 186 valence electrons. The molecule has 0 spiro atoms. The van der Waals surface area contributed by atoms with Crippen molar-refractivity contribution in [3.63, 3.8) is 0 Å². The lowest BCUT2D eigenvalue weighted by Crippen LogP contribution is -2.29. The van der Waals surface area contributed by atoms with Crippen LogP contribution >= 0.6 is 11.3 Å². The highest BCUT2D eigenvalue weighted by Crippen LogP contribution is 2.40. The number of anilines is 2. The van der Waals surface area contributed by atoms with Crippen LogP contribution in [0.5, 0.6) is 0 Å². The van der Waals surface area contributed by atoms with Crippen LogP contribution in [-0.4, -0.2) is 50.9 Å². The summed E-state index contributed by atoms with van der Waals surface area (Å²) in [6, 6.07) is 10.8. The molecule has 2 fully saturated rings. The summed E-state index contributed by atoms with van der Waals surface area (Å²) >= 11 is 1.68. The Bertz CT molecular complexity index is 1310. The molecule has 2 aliphatic heterocycles. The highest BCUT2D eigenvalue weighted by atomic mass is 32.1. The van der Waals surface area contributed by atoms with Crippen LogP contribution in [0, 0.1) is 5.82 Å². The number of rotatable bonds is 6. The SMILES string of the molecule is Fc1ccc(-c2nc(C3CCNCC3)sc2-c2ccnc(Nc3ccn(C4CCNCC4)n3)n2)cc1. The Morgan fingerprint density at radius 2 is 1.67 bits per heavy atom. The quantitative estimate of drug-likeness (QED) is 0.349. The van der Waals surface area contributed by atoms with Gasteiger partial charge in [-0.15, -0.1) is 11.3 Å². The lowest BCUT2D eigenvalue weighted by molar-refractivity contribution is 0.344. The summed E-state index contributed by atoms with van der Waals surface area (Å²) in [6.07, 6.45) is 8.04. The third-order valence-corrected chi connectivity index (χ3v) is 8.11. The summed E-state index contributed by atoms with van der Waals surface area (Å²) in [5, 5.41) is 15.9. The van der Waals surface area contributed by atoms with Gasteiger partial charge in [-0.25, -0.2) is 19.3 Å². The van der Waals surface area contributed by atoms with Crippen LogP contribution in [0.1, 0.15) is 42.7 Å². The summed E-state index contributed by atoms with van der Waals surface area (Å²) in [5.74, 6) is 1.38. The predicted molar refractivity (Wildman–Crippen MR) is 140 cm³/mol. The topological polar surface area (TPSA) is 92.6 Å². The van der Waals surface area contributed by atoms with Crippen molar-refractivity contribution >= 4 is 23.1 Å². The van der Waals surface area contributed by atoms with E-state index in [0.717, 1.165) is 84.5 Å². The summed E-state index contributed by atoms with van der Waals surface area (Å²) in [4.78, 5) is 15.3. The molecule has 3 N–H and O–H groups in total. The first kappa shape index (κ1) is 23.2. The number of nitrogens with one attached hydrogen (secondary N) is 3. The minimum atomic E-state index is -0.258. The summed E-state index contributed by atoms with van der Waals surface area (Å²) in [5.41, 5.74) is 2.52. The maximum atomic E-state index is 13.6. The van der Waals surface area contributed by atoms with Crippen molar-refractivity contribution in [3.05, 3.63) is 59.6 Å². The third kappa shape index (κ3) is 5.02. The average molecular weight is 505 g/mol. The number of hydrogen-bond donors (Lipinski definition) is 3. The molecular weight excluding hydrogens is 475 g/mol. The van der Waals surface area contributed by atoms with E-state index in [1.54, 1.807) is 29.7 Å². The van der Waals surface area contributed by atoms with Gasteiger partial charge in [-0.1, -0.05) is 0 Å². The molecule has 2 aliphatic rings. The zero-order chi connectivity index (χ0) is 24.3. The molecule has 0 atom stereocenters. The molecular formula is C26H29FN8S. The molecule has 8 nitrogen and oxygen atoms in total. The van der Waals surface area contributed by atoms with Gasteiger partial charge in [0.2, 0.25) is 5.95 Å². The highest BCUT2D eigenvalue weighted by Gasteiger charge is 2.24. The van der Waals surface area contributed by atoms with Gasteiger partial charge in [-0.05, 0) is 82.2 Å². The molecule has 0 aliphatic carbocycles. The summed E-state index contributed by atoms with van der Waals surface area (Å²) < 4.78 is 15.7. The fourth-order valence-electron chi connectivity index (χ4n) is 4.90. The van der Waals surface area contributed by atoms with E-state index in [1.165, 1.54) is 12.1 Å². The summed E-state index contributed by atoms with van der Waals surface area (Å²) in [6.45, 7) is 4.03. The molecule has 36 heavy (non-hydrogen) atoms. The first-order chi connectivity index (χ1) is 17.7. The second-order valence-corrected chi connectivity index (χ2v) is 10.3. The maximum absolute atomic E-state index is 13.6. The van der Waals surface area contributed by atoms with Crippen molar-refractivity contribution in [2.75, 3.05) is 31.5 Å². The van der Waals surface area contributed by atoms with Crippen LogP contribution in [0.15, 0.2) is 48.8 Å². The van der Waals surface area contributed by atoms with E-state index in [9.17, 15) is 4.39 Å². The van der Waals surface area contributed by atoms with Crippen molar-refractivity contribution in [2.24, 2.45) is 0 Å². The molecule has 0 saturated carbocycles. The number of thiazole rings is 1. The van der Waals surface area contributed by atoms with E-state index >= 15 is 0 Å².